The SMILES string of the molecule is COC1CN(C(=O)c2cc3cccc(N)c3[nH]2)CCC1C. The molecule has 3 rings (SSSR count). The summed E-state index contributed by atoms with van der Waals surface area (Å²) in [7, 11) is 1.71. The van der Waals surface area contributed by atoms with E-state index in [4.69, 9.17) is 10.5 Å². The van der Waals surface area contributed by atoms with Crippen LogP contribution in [-0.4, -0.2) is 42.1 Å². The summed E-state index contributed by atoms with van der Waals surface area (Å²) < 4.78 is 5.47. The molecular weight excluding hydrogens is 266 g/mol. The third-order valence-corrected chi connectivity index (χ3v) is 4.40. The van der Waals surface area contributed by atoms with Gasteiger partial charge in [0.1, 0.15) is 5.69 Å². The van der Waals surface area contributed by atoms with Crippen LogP contribution in [0.4, 0.5) is 5.69 Å². The zero-order valence-electron chi connectivity index (χ0n) is 12.4. The number of aromatic amines is 1. The Labute approximate surface area is 124 Å². The van der Waals surface area contributed by atoms with Gasteiger partial charge in [-0.3, -0.25) is 4.79 Å². The number of ether oxygens (including phenoxy) is 1. The van der Waals surface area contributed by atoms with Gasteiger partial charge < -0.3 is 20.4 Å². The number of carbonyl (C=O) groups is 1. The maximum atomic E-state index is 12.6. The van der Waals surface area contributed by atoms with Crippen LogP contribution in [-0.2, 0) is 4.74 Å². The predicted octanol–water partition coefficient (Wildman–Crippen LogP) is 2.25. The summed E-state index contributed by atoms with van der Waals surface area (Å²) in [6.45, 7) is 3.58. The van der Waals surface area contributed by atoms with E-state index in [1.165, 1.54) is 0 Å². The number of amides is 1. The molecule has 1 aromatic heterocycles. The van der Waals surface area contributed by atoms with Gasteiger partial charge in [0.05, 0.1) is 17.3 Å². The van der Waals surface area contributed by atoms with Crippen molar-refractivity contribution in [2.75, 3.05) is 25.9 Å². The number of nitrogens with two attached hydrogens (primary N) is 1. The van der Waals surface area contributed by atoms with Crippen LogP contribution in [0.15, 0.2) is 24.3 Å². The van der Waals surface area contributed by atoms with Gasteiger partial charge in [0.25, 0.3) is 5.91 Å². The van der Waals surface area contributed by atoms with Crippen molar-refractivity contribution >= 4 is 22.5 Å². The molecule has 3 N–H and O–H groups in total. The van der Waals surface area contributed by atoms with Gasteiger partial charge in [-0.1, -0.05) is 19.1 Å². The molecule has 1 fully saturated rings. The van der Waals surface area contributed by atoms with Crippen LogP contribution >= 0.6 is 0 Å². The van der Waals surface area contributed by atoms with Crippen molar-refractivity contribution in [2.24, 2.45) is 5.92 Å². The van der Waals surface area contributed by atoms with Crippen LogP contribution in [0.25, 0.3) is 10.9 Å². The number of nitrogens with one attached hydrogen (secondary N) is 1. The Morgan fingerprint density at radius 1 is 1.48 bits per heavy atom. The second-order valence-electron chi connectivity index (χ2n) is 5.79. The predicted molar refractivity (Wildman–Crippen MR) is 83.2 cm³/mol. The van der Waals surface area contributed by atoms with E-state index in [0.717, 1.165) is 23.9 Å². The molecule has 2 atom stereocenters. The van der Waals surface area contributed by atoms with Crippen molar-refractivity contribution in [3.63, 3.8) is 0 Å². The summed E-state index contributed by atoms with van der Waals surface area (Å²) in [5, 5.41) is 0.965. The first-order valence-electron chi connectivity index (χ1n) is 7.29. The molecule has 1 aliphatic rings. The van der Waals surface area contributed by atoms with Gasteiger partial charge in [-0.15, -0.1) is 0 Å². The van der Waals surface area contributed by atoms with Gasteiger partial charge in [-0.25, -0.2) is 0 Å². The number of carbonyl (C=O) groups excluding carboxylic acids is 1. The van der Waals surface area contributed by atoms with Crippen LogP contribution in [0.2, 0.25) is 0 Å². The number of fused-ring (bicyclic) bond motifs is 1. The summed E-state index contributed by atoms with van der Waals surface area (Å²) >= 11 is 0. The number of hydrogen-bond acceptors (Lipinski definition) is 3. The zero-order chi connectivity index (χ0) is 15.0. The first-order valence-corrected chi connectivity index (χ1v) is 7.29. The van der Waals surface area contributed by atoms with Gasteiger partial charge in [-0.2, -0.15) is 0 Å². The van der Waals surface area contributed by atoms with Crippen molar-refractivity contribution in [1.82, 2.24) is 9.88 Å². The zero-order valence-corrected chi connectivity index (χ0v) is 12.4. The fraction of sp³-hybridized carbons (Fsp3) is 0.438. The van der Waals surface area contributed by atoms with Crippen molar-refractivity contribution in [1.29, 1.82) is 0 Å². The van der Waals surface area contributed by atoms with E-state index in [-0.39, 0.29) is 12.0 Å². The number of methoxy groups -OCH3 is 1. The van der Waals surface area contributed by atoms with E-state index in [0.29, 0.717) is 23.8 Å². The van der Waals surface area contributed by atoms with E-state index < -0.39 is 0 Å². The maximum absolute atomic E-state index is 12.6. The van der Waals surface area contributed by atoms with E-state index in [1.54, 1.807) is 7.11 Å². The first kappa shape index (κ1) is 13.9. The van der Waals surface area contributed by atoms with E-state index in [1.807, 2.05) is 29.2 Å². The highest BCUT2D eigenvalue weighted by atomic mass is 16.5. The summed E-state index contributed by atoms with van der Waals surface area (Å²) in [5.41, 5.74) is 8.01. The maximum Gasteiger partial charge on any atom is 0.270 e. The highest BCUT2D eigenvalue weighted by molar-refractivity contribution is 6.00. The molecular formula is C16H21N3O2. The standard InChI is InChI=1S/C16H21N3O2/c1-10-6-7-19(9-14(10)21-2)16(20)13-8-11-4-3-5-12(17)15(11)18-13/h3-5,8,10,14,18H,6-7,9,17H2,1-2H3. The summed E-state index contributed by atoms with van der Waals surface area (Å²) in [6.07, 6.45) is 1.07. The van der Waals surface area contributed by atoms with E-state index >= 15 is 0 Å². The number of piperidine rings is 1. The Morgan fingerprint density at radius 3 is 3.00 bits per heavy atom. The molecule has 2 unspecified atom stereocenters. The molecule has 1 saturated heterocycles. The second-order valence-corrected chi connectivity index (χ2v) is 5.79. The molecule has 0 spiro atoms. The smallest absolute Gasteiger partial charge is 0.270 e. The third-order valence-electron chi connectivity index (χ3n) is 4.40. The Bertz CT molecular complexity index is 665. The van der Waals surface area contributed by atoms with E-state index in [2.05, 4.69) is 11.9 Å². The molecule has 0 radical (unpaired) electrons. The lowest BCUT2D eigenvalue weighted by Gasteiger charge is -2.36. The van der Waals surface area contributed by atoms with Gasteiger partial charge in [0, 0.05) is 25.6 Å². The molecule has 0 bridgehead atoms. The molecule has 2 aromatic rings. The number of para-hydroxylation sites is 1. The molecule has 2 heterocycles. The number of likely N-dealkylation sites (tertiary alicyclic amines) is 1. The summed E-state index contributed by atoms with van der Waals surface area (Å²) in [4.78, 5) is 17.7. The van der Waals surface area contributed by atoms with Crippen molar-refractivity contribution in [3.8, 4) is 0 Å². The number of rotatable bonds is 2. The summed E-state index contributed by atoms with van der Waals surface area (Å²) in [5.74, 6) is 0.497. The number of benzene rings is 1. The minimum atomic E-state index is 0.0135. The number of H-pyrrole nitrogens is 1. The Balaban J connectivity index is 1.85. The average molecular weight is 287 g/mol. The lowest BCUT2D eigenvalue weighted by atomic mass is 9.95. The molecule has 0 aliphatic carbocycles. The first-order chi connectivity index (χ1) is 10.1. The number of nitrogens with zero attached hydrogens (tertiary/aromatic N) is 1. The van der Waals surface area contributed by atoms with Gasteiger partial charge in [-0.05, 0) is 24.5 Å². The molecule has 5 nitrogen and oxygen atoms in total. The van der Waals surface area contributed by atoms with Crippen molar-refractivity contribution in [2.45, 2.75) is 19.4 Å². The normalized spacial score (nSPS) is 22.7. The molecule has 112 valence electrons. The Kier molecular flexibility index (Phi) is 3.59. The van der Waals surface area contributed by atoms with Crippen LogP contribution in [0.1, 0.15) is 23.8 Å². The highest BCUT2D eigenvalue weighted by Crippen LogP contribution is 2.24. The fourth-order valence-corrected chi connectivity index (χ4v) is 2.99. The Morgan fingerprint density at radius 2 is 2.29 bits per heavy atom. The number of hydrogen-bond donors (Lipinski definition) is 2. The van der Waals surface area contributed by atoms with Crippen molar-refractivity contribution in [3.05, 3.63) is 30.0 Å². The van der Waals surface area contributed by atoms with Crippen molar-refractivity contribution < 1.29 is 9.53 Å². The third kappa shape index (κ3) is 2.49. The van der Waals surface area contributed by atoms with Crippen LogP contribution in [0, 0.1) is 5.92 Å². The number of aromatic nitrogens is 1. The van der Waals surface area contributed by atoms with E-state index in [9.17, 15) is 4.79 Å². The summed E-state index contributed by atoms with van der Waals surface area (Å²) in [6, 6.07) is 7.54. The van der Waals surface area contributed by atoms with Gasteiger partial charge in [0.15, 0.2) is 0 Å². The van der Waals surface area contributed by atoms with Crippen LogP contribution in [0.3, 0.4) is 0 Å². The topological polar surface area (TPSA) is 71.3 Å². The monoisotopic (exact) mass is 287 g/mol. The number of nitrogen functional groups attached to an aromatic ring is 1. The van der Waals surface area contributed by atoms with Crippen LogP contribution < -0.4 is 5.73 Å². The Hall–Kier alpha value is -2.01. The average Bonchev–Trinajstić information content (AvgIpc) is 2.92. The quantitative estimate of drug-likeness (QED) is 0.832. The highest BCUT2D eigenvalue weighted by Gasteiger charge is 2.29. The van der Waals surface area contributed by atoms with Gasteiger partial charge >= 0.3 is 0 Å². The largest absolute Gasteiger partial charge is 0.397 e. The number of anilines is 1. The lowest BCUT2D eigenvalue weighted by Crippen LogP contribution is -2.46. The van der Waals surface area contributed by atoms with Crippen LogP contribution in [0.5, 0.6) is 0 Å². The molecule has 1 aliphatic heterocycles. The second kappa shape index (κ2) is 5.41. The molecule has 1 amide bonds. The van der Waals surface area contributed by atoms with Gasteiger partial charge in [0.2, 0.25) is 0 Å². The molecule has 1 aromatic carbocycles. The molecule has 5 heteroatoms. The minimum absolute atomic E-state index is 0.0135. The molecule has 21 heavy (non-hydrogen) atoms. The minimum Gasteiger partial charge on any atom is -0.397 e. The molecule has 0 saturated carbocycles. The lowest BCUT2D eigenvalue weighted by molar-refractivity contribution is -0.00173. The fourth-order valence-electron chi connectivity index (χ4n) is 2.99.